The first kappa shape index (κ1) is 17.7. The van der Waals surface area contributed by atoms with Crippen LogP contribution in [0.5, 0.6) is 0 Å². The summed E-state index contributed by atoms with van der Waals surface area (Å²) in [6.07, 6.45) is 2.42. The minimum atomic E-state index is -0.936. The smallest absolute Gasteiger partial charge is 0.133 e. The highest BCUT2D eigenvalue weighted by molar-refractivity contribution is 6.33. The first-order chi connectivity index (χ1) is 12.1. The zero-order chi connectivity index (χ0) is 18.9. The maximum absolute atomic E-state index is 14.9. The van der Waals surface area contributed by atoms with E-state index in [-0.39, 0.29) is 5.02 Å². The Morgan fingerprint density at radius 2 is 1.77 bits per heavy atom. The average molecular weight is 378 g/mol. The van der Waals surface area contributed by atoms with E-state index in [0.717, 1.165) is 18.4 Å². The fourth-order valence-corrected chi connectivity index (χ4v) is 5.30. The maximum atomic E-state index is 14.9. The molecule has 1 fully saturated rings. The summed E-state index contributed by atoms with van der Waals surface area (Å²) in [5.41, 5.74) is 0.347. The van der Waals surface area contributed by atoms with Crippen LogP contribution in [0.2, 0.25) is 5.02 Å². The van der Waals surface area contributed by atoms with Crippen molar-refractivity contribution in [3.63, 3.8) is 0 Å². The maximum Gasteiger partial charge on any atom is 0.133 e. The first-order valence-electron chi connectivity index (χ1n) is 8.89. The van der Waals surface area contributed by atoms with Crippen LogP contribution in [0.1, 0.15) is 45.6 Å². The summed E-state index contributed by atoms with van der Waals surface area (Å²) >= 11 is 6.17. The molecule has 2 aromatic rings. The van der Waals surface area contributed by atoms with Crippen molar-refractivity contribution in [3.8, 4) is 11.1 Å². The fraction of sp³-hybridized carbons (Fsp3) is 0.429. The van der Waals surface area contributed by atoms with Gasteiger partial charge in [-0.2, -0.15) is 0 Å². The van der Waals surface area contributed by atoms with E-state index < -0.39 is 28.2 Å². The lowest BCUT2D eigenvalue weighted by atomic mass is 9.60. The molecule has 0 spiro atoms. The number of halogens is 3. The van der Waals surface area contributed by atoms with E-state index in [4.69, 9.17) is 11.6 Å². The van der Waals surface area contributed by atoms with Crippen molar-refractivity contribution in [3.05, 3.63) is 52.6 Å². The Morgan fingerprint density at radius 1 is 1.04 bits per heavy atom. The Kier molecular flexibility index (Phi) is 3.71. The second-order valence-corrected chi connectivity index (χ2v) is 8.70. The van der Waals surface area contributed by atoms with Gasteiger partial charge in [0, 0.05) is 22.2 Å². The molecule has 0 aromatic heterocycles. The van der Waals surface area contributed by atoms with Crippen molar-refractivity contribution in [1.82, 2.24) is 0 Å². The third-order valence-electron chi connectivity index (χ3n) is 6.53. The van der Waals surface area contributed by atoms with Crippen LogP contribution in [0.25, 0.3) is 11.1 Å². The zero-order valence-corrected chi connectivity index (χ0v) is 15.8. The molecule has 26 heavy (non-hydrogen) atoms. The molecule has 2 N–H and O–H groups in total. The number of benzene rings is 2. The molecule has 2 atom stereocenters. The predicted octanol–water partition coefficient (Wildman–Crippen LogP) is 5.66. The van der Waals surface area contributed by atoms with Gasteiger partial charge in [-0.3, -0.25) is 0 Å². The fourth-order valence-electron chi connectivity index (χ4n) is 5.03. The molecule has 0 saturated heterocycles. The number of hydrogen-bond acceptors (Lipinski definition) is 2. The Bertz CT molecular complexity index is 913. The van der Waals surface area contributed by atoms with Crippen LogP contribution in [0.15, 0.2) is 30.3 Å². The summed E-state index contributed by atoms with van der Waals surface area (Å²) in [6.45, 7) is 5.97. The zero-order valence-electron chi connectivity index (χ0n) is 15.1. The van der Waals surface area contributed by atoms with Gasteiger partial charge < -0.3 is 10.4 Å². The summed E-state index contributed by atoms with van der Waals surface area (Å²) < 4.78 is 28.3. The third kappa shape index (κ3) is 2.18. The number of anilines is 1. The van der Waals surface area contributed by atoms with E-state index in [0.29, 0.717) is 23.2 Å². The van der Waals surface area contributed by atoms with Crippen molar-refractivity contribution in [2.24, 2.45) is 0 Å². The van der Waals surface area contributed by atoms with Crippen LogP contribution in [0, 0.1) is 11.6 Å². The van der Waals surface area contributed by atoms with E-state index in [2.05, 4.69) is 12.2 Å². The Balaban J connectivity index is 1.96. The normalized spacial score (nSPS) is 29.0. The Hall–Kier alpha value is -1.65. The molecule has 4 rings (SSSR count). The predicted molar refractivity (Wildman–Crippen MR) is 101 cm³/mol. The van der Waals surface area contributed by atoms with Crippen molar-refractivity contribution in [2.45, 2.75) is 56.6 Å². The van der Waals surface area contributed by atoms with Gasteiger partial charge in [-0.1, -0.05) is 18.5 Å². The average Bonchev–Trinajstić information content (AvgIpc) is 2.86. The molecule has 0 bridgehead atoms. The van der Waals surface area contributed by atoms with Gasteiger partial charge in [-0.25, -0.2) is 8.78 Å². The molecule has 2 aromatic carbocycles. The monoisotopic (exact) mass is 377 g/mol. The second kappa shape index (κ2) is 5.43. The number of fused-ring (bicyclic) bond motifs is 3. The number of nitrogens with one attached hydrogen (secondary N) is 1. The van der Waals surface area contributed by atoms with Gasteiger partial charge in [-0.15, -0.1) is 0 Å². The first-order valence-corrected chi connectivity index (χ1v) is 9.27. The molecule has 1 saturated carbocycles. The van der Waals surface area contributed by atoms with E-state index in [1.165, 1.54) is 24.3 Å². The van der Waals surface area contributed by atoms with Gasteiger partial charge in [0.1, 0.15) is 11.6 Å². The molecule has 0 radical (unpaired) electrons. The van der Waals surface area contributed by atoms with Crippen molar-refractivity contribution in [2.75, 3.05) is 5.32 Å². The van der Waals surface area contributed by atoms with Crippen LogP contribution in [0.4, 0.5) is 14.5 Å². The molecule has 5 heteroatoms. The van der Waals surface area contributed by atoms with Crippen LogP contribution in [0.3, 0.4) is 0 Å². The minimum Gasteiger partial charge on any atom is -0.387 e. The lowest BCUT2D eigenvalue weighted by Crippen LogP contribution is -2.65. The Labute approximate surface area is 157 Å². The SMILES string of the molecule is CC1(C)Nc2cc(F)c(-c3ccc(F)cc3Cl)cc2C2(C)CCCC12O. The summed E-state index contributed by atoms with van der Waals surface area (Å²) in [5.74, 6) is -0.884. The third-order valence-corrected chi connectivity index (χ3v) is 6.84. The van der Waals surface area contributed by atoms with Crippen molar-refractivity contribution in [1.29, 1.82) is 0 Å². The largest absolute Gasteiger partial charge is 0.387 e. The van der Waals surface area contributed by atoms with Crippen LogP contribution in [-0.4, -0.2) is 16.2 Å². The molecule has 1 heterocycles. The summed E-state index contributed by atoms with van der Waals surface area (Å²) in [4.78, 5) is 0. The van der Waals surface area contributed by atoms with Gasteiger partial charge in [-0.05, 0) is 69.0 Å². The number of aliphatic hydroxyl groups is 1. The number of hydrogen-bond donors (Lipinski definition) is 2. The van der Waals surface area contributed by atoms with Gasteiger partial charge in [0.2, 0.25) is 0 Å². The van der Waals surface area contributed by atoms with E-state index >= 15 is 0 Å². The van der Waals surface area contributed by atoms with E-state index in [9.17, 15) is 13.9 Å². The van der Waals surface area contributed by atoms with Gasteiger partial charge in [0.25, 0.3) is 0 Å². The van der Waals surface area contributed by atoms with Gasteiger partial charge in [0.05, 0.1) is 16.2 Å². The summed E-state index contributed by atoms with van der Waals surface area (Å²) in [6, 6.07) is 7.18. The summed E-state index contributed by atoms with van der Waals surface area (Å²) in [5, 5.41) is 15.0. The van der Waals surface area contributed by atoms with Crippen LogP contribution >= 0.6 is 11.6 Å². The summed E-state index contributed by atoms with van der Waals surface area (Å²) in [7, 11) is 0. The number of rotatable bonds is 1. The molecular formula is C21H22ClF2NO. The highest BCUT2D eigenvalue weighted by Gasteiger charge is 2.62. The standard InChI is InChI=1S/C21H22ClF2NO/c1-19(2)21(26)8-4-7-20(21,3)15-10-14(17(24)11-18(15)25-19)13-6-5-12(23)9-16(13)22/h5-6,9-11,25-26H,4,7-8H2,1-3H3. The lowest BCUT2D eigenvalue weighted by molar-refractivity contribution is -0.0628. The molecule has 2 nitrogen and oxygen atoms in total. The molecule has 1 aliphatic carbocycles. The molecule has 138 valence electrons. The topological polar surface area (TPSA) is 32.3 Å². The second-order valence-electron chi connectivity index (χ2n) is 8.30. The highest BCUT2D eigenvalue weighted by atomic mass is 35.5. The molecule has 0 amide bonds. The molecule has 2 aliphatic rings. The molecule has 2 unspecified atom stereocenters. The molecule has 1 aliphatic heterocycles. The van der Waals surface area contributed by atoms with E-state index in [1.54, 1.807) is 6.07 Å². The van der Waals surface area contributed by atoms with Gasteiger partial charge in [0.15, 0.2) is 0 Å². The van der Waals surface area contributed by atoms with E-state index in [1.807, 2.05) is 13.8 Å². The molecular weight excluding hydrogens is 356 g/mol. The lowest BCUT2D eigenvalue weighted by Gasteiger charge is -2.55. The quantitative estimate of drug-likeness (QED) is 0.671. The van der Waals surface area contributed by atoms with Gasteiger partial charge >= 0.3 is 0 Å². The van der Waals surface area contributed by atoms with Crippen LogP contribution < -0.4 is 5.32 Å². The minimum absolute atomic E-state index is 0.166. The van der Waals surface area contributed by atoms with Crippen molar-refractivity contribution >= 4 is 17.3 Å². The highest BCUT2D eigenvalue weighted by Crippen LogP contribution is 2.59. The van der Waals surface area contributed by atoms with Crippen LogP contribution in [-0.2, 0) is 5.41 Å². The van der Waals surface area contributed by atoms with Crippen molar-refractivity contribution < 1.29 is 13.9 Å². The Morgan fingerprint density at radius 3 is 2.46 bits per heavy atom.